The highest BCUT2D eigenvalue weighted by atomic mass is 16.2. The zero-order valence-corrected chi connectivity index (χ0v) is 15.9. The third-order valence-corrected chi connectivity index (χ3v) is 5.18. The molecule has 9 heteroatoms. The summed E-state index contributed by atoms with van der Waals surface area (Å²) < 4.78 is 5.68. The number of nitrogens with zero attached hydrogens (tertiary/aromatic N) is 8. The number of carbonyl (C=O) groups is 1. The van der Waals surface area contributed by atoms with Gasteiger partial charge in [-0.1, -0.05) is 0 Å². The highest BCUT2D eigenvalue weighted by molar-refractivity contribution is 5.92. The molecule has 0 aromatic carbocycles. The van der Waals surface area contributed by atoms with Crippen LogP contribution in [0.15, 0.2) is 24.8 Å². The monoisotopic (exact) mass is 368 g/mol. The van der Waals surface area contributed by atoms with E-state index in [1.54, 1.807) is 17.2 Å². The maximum atomic E-state index is 12.9. The van der Waals surface area contributed by atoms with Crippen LogP contribution >= 0.6 is 0 Å². The summed E-state index contributed by atoms with van der Waals surface area (Å²) in [6.07, 6.45) is 7.39. The normalized spacial score (nSPS) is 17.4. The Morgan fingerprint density at radius 3 is 2.85 bits per heavy atom. The number of aryl methyl sites for hydroxylation is 2. The van der Waals surface area contributed by atoms with E-state index in [1.807, 2.05) is 47.3 Å². The average molecular weight is 368 g/mol. The molecule has 0 spiro atoms. The second kappa shape index (κ2) is 6.98. The van der Waals surface area contributed by atoms with Crippen LogP contribution in [0.3, 0.4) is 0 Å². The Morgan fingerprint density at radius 1 is 1.30 bits per heavy atom. The number of imidazole rings is 1. The van der Waals surface area contributed by atoms with Gasteiger partial charge in [-0.05, 0) is 25.8 Å². The van der Waals surface area contributed by atoms with Crippen molar-refractivity contribution in [3.8, 4) is 0 Å². The molecule has 1 amide bonds. The Labute approximate surface area is 157 Å². The molecule has 0 radical (unpaired) electrons. The Kier molecular flexibility index (Phi) is 4.51. The summed E-state index contributed by atoms with van der Waals surface area (Å²) in [5.74, 6) is 2.03. The second-order valence-electron chi connectivity index (χ2n) is 7.15. The molecule has 3 aromatic rings. The molecule has 0 aliphatic carbocycles. The lowest BCUT2D eigenvalue weighted by atomic mass is 9.97. The number of hydrogen-bond acceptors (Lipinski definition) is 5. The van der Waals surface area contributed by atoms with Gasteiger partial charge in [-0.25, -0.2) is 4.98 Å². The molecule has 1 aliphatic rings. The van der Waals surface area contributed by atoms with Gasteiger partial charge in [0, 0.05) is 45.5 Å². The van der Waals surface area contributed by atoms with Gasteiger partial charge in [-0.15, -0.1) is 10.2 Å². The standard InChI is InChI=1S/C18H24N8O/c1-13-9-15(24(3)22-13)18(27)26-7-4-5-14(10-26)17-21-20-16(23(17)2)11-25-8-6-19-12-25/h6,8-9,12,14H,4-5,7,10-11H2,1-3H3/t14-/m0/s1. The van der Waals surface area contributed by atoms with Gasteiger partial charge in [-0.3, -0.25) is 9.48 Å². The number of likely N-dealkylation sites (tertiary alicyclic amines) is 1. The van der Waals surface area contributed by atoms with Gasteiger partial charge in [0.15, 0.2) is 5.82 Å². The zero-order chi connectivity index (χ0) is 19.0. The molecule has 0 bridgehead atoms. The molecule has 27 heavy (non-hydrogen) atoms. The van der Waals surface area contributed by atoms with E-state index < -0.39 is 0 Å². The topological polar surface area (TPSA) is 86.7 Å². The first-order valence-corrected chi connectivity index (χ1v) is 9.16. The van der Waals surface area contributed by atoms with Crippen molar-refractivity contribution in [3.05, 3.63) is 47.8 Å². The van der Waals surface area contributed by atoms with Gasteiger partial charge >= 0.3 is 0 Å². The van der Waals surface area contributed by atoms with E-state index in [1.165, 1.54) is 0 Å². The molecule has 4 rings (SSSR count). The van der Waals surface area contributed by atoms with Crippen molar-refractivity contribution >= 4 is 5.91 Å². The van der Waals surface area contributed by atoms with Crippen molar-refractivity contribution in [2.45, 2.75) is 32.2 Å². The molecule has 3 aromatic heterocycles. The summed E-state index contributed by atoms with van der Waals surface area (Å²) in [6.45, 7) is 3.95. The van der Waals surface area contributed by atoms with E-state index in [-0.39, 0.29) is 11.8 Å². The lowest BCUT2D eigenvalue weighted by molar-refractivity contribution is 0.0692. The fourth-order valence-corrected chi connectivity index (χ4v) is 3.76. The molecular weight excluding hydrogens is 344 g/mol. The quantitative estimate of drug-likeness (QED) is 0.689. The number of carbonyl (C=O) groups excluding carboxylic acids is 1. The molecule has 1 saturated heterocycles. The van der Waals surface area contributed by atoms with Crippen LogP contribution in [0.4, 0.5) is 0 Å². The number of rotatable bonds is 4. The van der Waals surface area contributed by atoms with Crippen molar-refractivity contribution in [2.24, 2.45) is 14.1 Å². The minimum atomic E-state index is 0.0311. The van der Waals surface area contributed by atoms with Crippen molar-refractivity contribution < 1.29 is 4.79 Å². The highest BCUT2D eigenvalue weighted by Crippen LogP contribution is 2.27. The van der Waals surface area contributed by atoms with E-state index in [2.05, 4.69) is 20.3 Å². The number of aromatic nitrogens is 7. The summed E-state index contributed by atoms with van der Waals surface area (Å²) in [4.78, 5) is 18.9. The third kappa shape index (κ3) is 3.36. The lowest BCUT2D eigenvalue weighted by Gasteiger charge is -2.32. The number of amides is 1. The minimum absolute atomic E-state index is 0.0311. The van der Waals surface area contributed by atoms with Crippen LogP contribution in [0.5, 0.6) is 0 Å². The summed E-state index contributed by atoms with van der Waals surface area (Å²) in [6, 6.07) is 1.84. The maximum absolute atomic E-state index is 12.9. The van der Waals surface area contributed by atoms with Crippen molar-refractivity contribution in [1.82, 2.24) is 39.0 Å². The van der Waals surface area contributed by atoms with Crippen LogP contribution in [-0.4, -0.2) is 58.0 Å². The van der Waals surface area contributed by atoms with E-state index in [0.717, 1.165) is 36.7 Å². The van der Waals surface area contributed by atoms with Crippen LogP contribution in [0, 0.1) is 6.92 Å². The van der Waals surface area contributed by atoms with Gasteiger partial charge in [0.05, 0.1) is 18.6 Å². The highest BCUT2D eigenvalue weighted by Gasteiger charge is 2.30. The Bertz CT molecular complexity index is 939. The first-order valence-electron chi connectivity index (χ1n) is 9.16. The van der Waals surface area contributed by atoms with E-state index in [0.29, 0.717) is 18.8 Å². The molecule has 1 fully saturated rings. The fraction of sp³-hybridized carbons (Fsp3) is 0.500. The Hall–Kier alpha value is -2.97. The molecule has 1 aliphatic heterocycles. The fourth-order valence-electron chi connectivity index (χ4n) is 3.76. The van der Waals surface area contributed by atoms with E-state index in [9.17, 15) is 4.79 Å². The van der Waals surface area contributed by atoms with E-state index in [4.69, 9.17) is 0 Å². The first kappa shape index (κ1) is 17.4. The Balaban J connectivity index is 1.51. The summed E-state index contributed by atoms with van der Waals surface area (Å²) in [5, 5.41) is 13.1. The van der Waals surface area contributed by atoms with Crippen LogP contribution in [0.1, 0.15) is 46.6 Å². The van der Waals surface area contributed by atoms with Gasteiger partial charge in [0.2, 0.25) is 0 Å². The lowest BCUT2D eigenvalue weighted by Crippen LogP contribution is -2.40. The summed E-state index contributed by atoms with van der Waals surface area (Å²) >= 11 is 0. The first-order chi connectivity index (χ1) is 13.0. The Morgan fingerprint density at radius 2 is 2.15 bits per heavy atom. The van der Waals surface area contributed by atoms with Crippen molar-refractivity contribution in [1.29, 1.82) is 0 Å². The largest absolute Gasteiger partial charge is 0.337 e. The molecule has 0 N–H and O–H groups in total. The van der Waals surface area contributed by atoms with Gasteiger partial charge in [0.25, 0.3) is 5.91 Å². The molecule has 142 valence electrons. The van der Waals surface area contributed by atoms with Gasteiger partial charge < -0.3 is 14.0 Å². The second-order valence-corrected chi connectivity index (χ2v) is 7.15. The van der Waals surface area contributed by atoms with Gasteiger partial charge in [0.1, 0.15) is 11.5 Å². The number of hydrogen-bond donors (Lipinski definition) is 0. The predicted octanol–water partition coefficient (Wildman–Crippen LogP) is 1.12. The van der Waals surface area contributed by atoms with Crippen LogP contribution in [-0.2, 0) is 20.6 Å². The zero-order valence-electron chi connectivity index (χ0n) is 15.9. The average Bonchev–Trinajstić information content (AvgIpc) is 3.37. The molecule has 0 unspecified atom stereocenters. The SMILES string of the molecule is Cc1cc(C(=O)N2CCC[C@H](c3nnc(Cn4ccnc4)n3C)C2)n(C)n1. The van der Waals surface area contributed by atoms with Crippen molar-refractivity contribution in [3.63, 3.8) is 0 Å². The predicted molar refractivity (Wildman–Crippen MR) is 98.2 cm³/mol. The third-order valence-electron chi connectivity index (χ3n) is 5.18. The van der Waals surface area contributed by atoms with Crippen molar-refractivity contribution in [2.75, 3.05) is 13.1 Å². The van der Waals surface area contributed by atoms with Crippen LogP contribution in [0.2, 0.25) is 0 Å². The molecular formula is C18H24N8O. The molecule has 0 saturated carbocycles. The smallest absolute Gasteiger partial charge is 0.272 e. The summed E-state index contributed by atoms with van der Waals surface area (Å²) in [7, 11) is 3.81. The van der Waals surface area contributed by atoms with Gasteiger partial charge in [-0.2, -0.15) is 5.10 Å². The molecule has 4 heterocycles. The van der Waals surface area contributed by atoms with Crippen LogP contribution in [0.25, 0.3) is 0 Å². The maximum Gasteiger partial charge on any atom is 0.272 e. The minimum Gasteiger partial charge on any atom is -0.337 e. The molecule has 9 nitrogen and oxygen atoms in total. The summed E-state index contributed by atoms with van der Waals surface area (Å²) in [5.41, 5.74) is 1.48. The number of piperidine rings is 1. The van der Waals surface area contributed by atoms with E-state index >= 15 is 0 Å². The van der Waals surface area contributed by atoms with Crippen LogP contribution < -0.4 is 0 Å². The molecule has 1 atom stereocenters.